The van der Waals surface area contributed by atoms with Gasteiger partial charge in [-0.2, -0.15) is 0 Å². The number of amides is 1. The molecule has 0 spiro atoms. The van der Waals surface area contributed by atoms with Gasteiger partial charge in [0.25, 0.3) is 0 Å². The van der Waals surface area contributed by atoms with Crippen molar-refractivity contribution in [1.82, 2.24) is 5.32 Å². The lowest BCUT2D eigenvalue weighted by molar-refractivity contribution is -0.122. The lowest BCUT2D eigenvalue weighted by Crippen LogP contribution is -2.29. The minimum Gasteiger partial charge on any atom is -0.349 e. The maximum absolute atomic E-state index is 13.4. The number of benzene rings is 1. The van der Waals surface area contributed by atoms with Crippen LogP contribution < -0.4 is 11.1 Å². The molecular weight excluding hydrogens is 219 g/mol. The van der Waals surface area contributed by atoms with Crippen LogP contribution >= 0.6 is 0 Å². The first-order valence-corrected chi connectivity index (χ1v) is 5.78. The largest absolute Gasteiger partial charge is 0.349 e. The number of nitrogens with one attached hydrogen (secondary N) is 1. The van der Waals surface area contributed by atoms with E-state index in [-0.39, 0.29) is 23.7 Å². The molecule has 17 heavy (non-hydrogen) atoms. The molecule has 1 aromatic rings. The molecule has 2 atom stereocenters. The SMILES string of the molecule is CC(CN)CC(=O)N[C@H](C)c1ccccc1F. The van der Waals surface area contributed by atoms with Crippen molar-refractivity contribution in [1.29, 1.82) is 0 Å². The molecular formula is C13H19FN2O. The van der Waals surface area contributed by atoms with E-state index < -0.39 is 0 Å². The molecule has 0 radical (unpaired) electrons. The summed E-state index contributed by atoms with van der Waals surface area (Å²) in [5, 5.41) is 2.77. The van der Waals surface area contributed by atoms with Crippen LogP contribution in [0.1, 0.15) is 31.9 Å². The molecule has 3 nitrogen and oxygen atoms in total. The minimum atomic E-state index is -0.325. The first-order chi connectivity index (χ1) is 8.04. The van der Waals surface area contributed by atoms with Crippen molar-refractivity contribution in [2.45, 2.75) is 26.3 Å². The van der Waals surface area contributed by atoms with Crippen LogP contribution in [0.2, 0.25) is 0 Å². The topological polar surface area (TPSA) is 55.1 Å². The van der Waals surface area contributed by atoms with Gasteiger partial charge in [0.1, 0.15) is 5.82 Å². The zero-order chi connectivity index (χ0) is 12.8. The van der Waals surface area contributed by atoms with Gasteiger partial charge in [-0.3, -0.25) is 4.79 Å². The second-order valence-corrected chi connectivity index (χ2v) is 4.36. The first-order valence-electron chi connectivity index (χ1n) is 5.78. The lowest BCUT2D eigenvalue weighted by Gasteiger charge is -2.16. The van der Waals surface area contributed by atoms with Gasteiger partial charge in [-0.15, -0.1) is 0 Å². The Morgan fingerprint density at radius 3 is 2.65 bits per heavy atom. The third-order valence-corrected chi connectivity index (χ3v) is 2.69. The predicted molar refractivity (Wildman–Crippen MR) is 65.8 cm³/mol. The van der Waals surface area contributed by atoms with E-state index in [4.69, 9.17) is 5.73 Å². The van der Waals surface area contributed by atoms with Crippen LogP contribution in [0.5, 0.6) is 0 Å². The fourth-order valence-corrected chi connectivity index (χ4v) is 1.60. The molecule has 0 bridgehead atoms. The molecule has 0 aliphatic heterocycles. The summed E-state index contributed by atoms with van der Waals surface area (Å²) in [4.78, 5) is 11.6. The van der Waals surface area contributed by atoms with Crippen LogP contribution in [-0.4, -0.2) is 12.5 Å². The van der Waals surface area contributed by atoms with Crippen molar-refractivity contribution in [3.63, 3.8) is 0 Å². The van der Waals surface area contributed by atoms with Crippen molar-refractivity contribution >= 4 is 5.91 Å². The summed E-state index contributed by atoms with van der Waals surface area (Å²) in [7, 11) is 0. The van der Waals surface area contributed by atoms with Gasteiger partial charge in [0, 0.05) is 12.0 Å². The van der Waals surface area contributed by atoms with Crippen LogP contribution in [0.3, 0.4) is 0 Å². The first kappa shape index (κ1) is 13.6. The van der Waals surface area contributed by atoms with Gasteiger partial charge < -0.3 is 11.1 Å². The van der Waals surface area contributed by atoms with E-state index in [1.807, 2.05) is 6.92 Å². The normalized spacial score (nSPS) is 14.1. The average Bonchev–Trinajstić information content (AvgIpc) is 2.29. The van der Waals surface area contributed by atoms with E-state index in [2.05, 4.69) is 5.32 Å². The zero-order valence-electron chi connectivity index (χ0n) is 10.2. The van der Waals surface area contributed by atoms with Gasteiger partial charge in [-0.1, -0.05) is 25.1 Å². The summed E-state index contributed by atoms with van der Waals surface area (Å²) >= 11 is 0. The van der Waals surface area contributed by atoms with E-state index in [1.165, 1.54) is 6.07 Å². The highest BCUT2D eigenvalue weighted by atomic mass is 19.1. The Morgan fingerprint density at radius 2 is 2.06 bits per heavy atom. The Bertz CT molecular complexity index is 381. The molecule has 0 fully saturated rings. The summed E-state index contributed by atoms with van der Waals surface area (Å²) in [6.07, 6.45) is 0.370. The van der Waals surface area contributed by atoms with Gasteiger partial charge in [0.05, 0.1) is 6.04 Å². The number of halogens is 1. The Kier molecular flexibility index (Phi) is 5.10. The summed E-state index contributed by atoms with van der Waals surface area (Å²) in [5.41, 5.74) is 5.95. The van der Waals surface area contributed by atoms with Crippen molar-refractivity contribution in [2.24, 2.45) is 11.7 Å². The standard InChI is InChI=1S/C13H19FN2O/c1-9(8-15)7-13(17)16-10(2)11-5-3-4-6-12(11)14/h3-6,9-10H,7-8,15H2,1-2H3,(H,16,17)/t9?,10-/m1/s1. The van der Waals surface area contributed by atoms with E-state index >= 15 is 0 Å². The number of carbonyl (C=O) groups is 1. The lowest BCUT2D eigenvalue weighted by atomic mass is 10.1. The van der Waals surface area contributed by atoms with E-state index in [0.29, 0.717) is 18.5 Å². The molecule has 1 rings (SSSR count). The van der Waals surface area contributed by atoms with Gasteiger partial charge in [0.15, 0.2) is 0 Å². The summed E-state index contributed by atoms with van der Waals surface area (Å²) < 4.78 is 13.4. The number of hydrogen-bond acceptors (Lipinski definition) is 2. The van der Waals surface area contributed by atoms with Gasteiger partial charge >= 0.3 is 0 Å². The summed E-state index contributed by atoms with van der Waals surface area (Å²) in [6.45, 7) is 4.15. The van der Waals surface area contributed by atoms with Gasteiger partial charge in [-0.05, 0) is 25.5 Å². The number of nitrogens with two attached hydrogens (primary N) is 1. The molecule has 0 aliphatic carbocycles. The molecule has 0 saturated carbocycles. The third-order valence-electron chi connectivity index (χ3n) is 2.69. The average molecular weight is 238 g/mol. The Balaban J connectivity index is 2.58. The second-order valence-electron chi connectivity index (χ2n) is 4.36. The van der Waals surface area contributed by atoms with Crippen LogP contribution in [0.4, 0.5) is 4.39 Å². The van der Waals surface area contributed by atoms with Gasteiger partial charge in [-0.25, -0.2) is 4.39 Å². The fourth-order valence-electron chi connectivity index (χ4n) is 1.60. The maximum Gasteiger partial charge on any atom is 0.220 e. The Hall–Kier alpha value is -1.42. The van der Waals surface area contributed by atoms with Crippen LogP contribution in [0, 0.1) is 11.7 Å². The molecule has 1 aromatic carbocycles. The molecule has 3 N–H and O–H groups in total. The highest BCUT2D eigenvalue weighted by molar-refractivity contribution is 5.76. The van der Waals surface area contributed by atoms with Crippen LogP contribution in [-0.2, 0) is 4.79 Å². The summed E-state index contributed by atoms with van der Waals surface area (Å²) in [5.74, 6) is -0.256. The molecule has 1 unspecified atom stereocenters. The number of hydrogen-bond donors (Lipinski definition) is 2. The van der Waals surface area contributed by atoms with E-state index in [1.54, 1.807) is 25.1 Å². The molecule has 4 heteroatoms. The van der Waals surface area contributed by atoms with Crippen molar-refractivity contribution in [3.05, 3.63) is 35.6 Å². The maximum atomic E-state index is 13.4. The van der Waals surface area contributed by atoms with Crippen LogP contribution in [0.15, 0.2) is 24.3 Å². The van der Waals surface area contributed by atoms with Crippen molar-refractivity contribution in [3.8, 4) is 0 Å². The second kappa shape index (κ2) is 6.35. The fraction of sp³-hybridized carbons (Fsp3) is 0.462. The molecule has 0 aromatic heterocycles. The highest BCUT2D eigenvalue weighted by Gasteiger charge is 2.14. The third kappa shape index (κ3) is 4.15. The molecule has 0 aliphatic rings. The van der Waals surface area contributed by atoms with Crippen molar-refractivity contribution < 1.29 is 9.18 Å². The molecule has 0 saturated heterocycles. The number of rotatable bonds is 5. The van der Waals surface area contributed by atoms with Crippen LogP contribution in [0.25, 0.3) is 0 Å². The highest BCUT2D eigenvalue weighted by Crippen LogP contribution is 2.16. The minimum absolute atomic E-state index is 0.0984. The van der Waals surface area contributed by atoms with Gasteiger partial charge in [0.2, 0.25) is 5.91 Å². The molecule has 1 amide bonds. The number of carbonyl (C=O) groups excluding carboxylic acids is 1. The monoisotopic (exact) mass is 238 g/mol. The quantitative estimate of drug-likeness (QED) is 0.824. The molecule has 94 valence electrons. The van der Waals surface area contributed by atoms with E-state index in [9.17, 15) is 9.18 Å². The molecule has 0 heterocycles. The Morgan fingerprint density at radius 1 is 1.41 bits per heavy atom. The smallest absolute Gasteiger partial charge is 0.220 e. The zero-order valence-corrected chi connectivity index (χ0v) is 10.2. The summed E-state index contributed by atoms with van der Waals surface area (Å²) in [6, 6.07) is 6.12. The predicted octanol–water partition coefficient (Wildman–Crippen LogP) is 1.99. The van der Waals surface area contributed by atoms with E-state index in [0.717, 1.165) is 0 Å². The Labute approximate surface area is 101 Å². The van der Waals surface area contributed by atoms with Crippen molar-refractivity contribution in [2.75, 3.05) is 6.54 Å².